The van der Waals surface area contributed by atoms with Crippen molar-refractivity contribution in [3.8, 4) is 0 Å². The molecule has 7 nitrogen and oxygen atoms in total. The SMILES string of the molecule is Cc1ccc2c(c1)C(c1nnnn1C(C)(C)C)OC(=NC(C)(C)C)N2. The summed E-state index contributed by atoms with van der Waals surface area (Å²) in [5.41, 5.74) is 2.62. The number of amidine groups is 1. The minimum atomic E-state index is -0.411. The fourth-order valence-electron chi connectivity index (χ4n) is 2.72. The topological polar surface area (TPSA) is 77.2 Å². The number of aliphatic imine (C=N–C) groups is 1. The summed E-state index contributed by atoms with van der Waals surface area (Å²) in [5, 5.41) is 15.6. The Balaban J connectivity index is 2.13. The van der Waals surface area contributed by atoms with Gasteiger partial charge in [-0.05, 0) is 71.0 Å². The monoisotopic (exact) mass is 342 g/mol. The first-order chi connectivity index (χ1) is 11.5. The molecule has 0 fully saturated rings. The van der Waals surface area contributed by atoms with E-state index in [1.54, 1.807) is 0 Å². The summed E-state index contributed by atoms with van der Waals surface area (Å²) in [6.07, 6.45) is -0.411. The van der Waals surface area contributed by atoms with Crippen LogP contribution in [0.25, 0.3) is 0 Å². The van der Waals surface area contributed by atoms with E-state index in [4.69, 9.17) is 4.74 Å². The summed E-state index contributed by atoms with van der Waals surface area (Å²) in [4.78, 5) is 4.65. The van der Waals surface area contributed by atoms with Crippen molar-refractivity contribution >= 4 is 11.7 Å². The summed E-state index contributed by atoms with van der Waals surface area (Å²) in [6.45, 7) is 14.3. The van der Waals surface area contributed by atoms with Gasteiger partial charge < -0.3 is 10.1 Å². The lowest BCUT2D eigenvalue weighted by molar-refractivity contribution is 0.193. The standard InChI is InChI=1S/C18H26N6O/c1-11-8-9-13-12(10-11)14(25-16(19-13)20-17(2,3)4)15-21-22-23-24(15)18(5,6)7/h8-10,14H,1-7H3,(H,19,20). The summed E-state index contributed by atoms with van der Waals surface area (Å²) in [6, 6.07) is 6.69. The number of aromatic nitrogens is 4. The Labute approximate surface area is 148 Å². The Morgan fingerprint density at radius 1 is 1.16 bits per heavy atom. The molecule has 2 aromatic rings. The Kier molecular flexibility index (Phi) is 4.05. The first-order valence-corrected chi connectivity index (χ1v) is 8.47. The molecule has 0 amide bonds. The van der Waals surface area contributed by atoms with Crippen molar-refractivity contribution in [2.24, 2.45) is 4.99 Å². The Bertz CT molecular complexity index is 810. The molecule has 0 bridgehead atoms. The van der Waals surface area contributed by atoms with E-state index in [0.717, 1.165) is 16.8 Å². The van der Waals surface area contributed by atoms with Gasteiger partial charge in [-0.3, -0.25) is 0 Å². The van der Waals surface area contributed by atoms with Gasteiger partial charge in [0.05, 0.1) is 11.1 Å². The summed E-state index contributed by atoms with van der Waals surface area (Å²) >= 11 is 0. The maximum absolute atomic E-state index is 6.20. The number of tetrazole rings is 1. The van der Waals surface area contributed by atoms with E-state index in [-0.39, 0.29) is 11.1 Å². The van der Waals surface area contributed by atoms with Crippen molar-refractivity contribution in [1.82, 2.24) is 20.2 Å². The fraction of sp³-hybridized carbons (Fsp3) is 0.556. The van der Waals surface area contributed by atoms with Crippen LogP contribution < -0.4 is 5.32 Å². The largest absolute Gasteiger partial charge is 0.448 e. The molecular formula is C18H26N6O. The van der Waals surface area contributed by atoms with Crippen LogP contribution in [-0.4, -0.2) is 31.8 Å². The highest BCUT2D eigenvalue weighted by molar-refractivity contribution is 5.92. The lowest BCUT2D eigenvalue weighted by atomic mass is 10.0. The molecule has 25 heavy (non-hydrogen) atoms. The van der Waals surface area contributed by atoms with Crippen molar-refractivity contribution < 1.29 is 4.74 Å². The van der Waals surface area contributed by atoms with Crippen LogP contribution in [0.2, 0.25) is 0 Å². The number of nitrogens with one attached hydrogen (secondary N) is 1. The van der Waals surface area contributed by atoms with Crippen LogP contribution in [0.4, 0.5) is 5.69 Å². The van der Waals surface area contributed by atoms with Crippen molar-refractivity contribution in [3.05, 3.63) is 35.2 Å². The van der Waals surface area contributed by atoms with E-state index in [0.29, 0.717) is 11.8 Å². The van der Waals surface area contributed by atoms with Crippen LogP contribution in [0, 0.1) is 6.92 Å². The van der Waals surface area contributed by atoms with Crippen LogP contribution in [0.3, 0.4) is 0 Å². The molecule has 1 atom stereocenters. The van der Waals surface area contributed by atoms with Gasteiger partial charge in [-0.1, -0.05) is 11.6 Å². The molecule has 134 valence electrons. The summed E-state index contributed by atoms with van der Waals surface area (Å²) in [7, 11) is 0. The Morgan fingerprint density at radius 3 is 2.52 bits per heavy atom. The minimum Gasteiger partial charge on any atom is -0.448 e. The zero-order chi connectivity index (χ0) is 18.4. The highest BCUT2D eigenvalue weighted by Gasteiger charge is 2.34. The van der Waals surface area contributed by atoms with Crippen molar-refractivity contribution in [2.75, 3.05) is 5.32 Å². The molecule has 2 heterocycles. The van der Waals surface area contributed by atoms with E-state index in [1.165, 1.54) is 0 Å². The molecule has 1 unspecified atom stereocenters. The average molecular weight is 342 g/mol. The fourth-order valence-corrected chi connectivity index (χ4v) is 2.72. The number of nitrogens with zero attached hydrogens (tertiary/aromatic N) is 5. The molecule has 0 aliphatic carbocycles. The lowest BCUT2D eigenvalue weighted by Gasteiger charge is -2.31. The van der Waals surface area contributed by atoms with E-state index in [1.807, 2.05) is 31.5 Å². The van der Waals surface area contributed by atoms with Crippen LogP contribution in [0.15, 0.2) is 23.2 Å². The lowest BCUT2D eigenvalue weighted by Crippen LogP contribution is -2.33. The van der Waals surface area contributed by atoms with Gasteiger partial charge >= 0.3 is 0 Å². The number of benzene rings is 1. The second-order valence-corrected chi connectivity index (χ2v) is 8.42. The molecule has 0 spiro atoms. The summed E-state index contributed by atoms with van der Waals surface area (Å²) < 4.78 is 8.01. The molecule has 1 aliphatic rings. The molecule has 1 aromatic carbocycles. The van der Waals surface area contributed by atoms with E-state index in [2.05, 4.69) is 65.7 Å². The van der Waals surface area contributed by atoms with E-state index < -0.39 is 6.10 Å². The first-order valence-electron chi connectivity index (χ1n) is 8.47. The Hall–Kier alpha value is -2.44. The zero-order valence-electron chi connectivity index (χ0n) is 16.0. The molecule has 0 radical (unpaired) electrons. The molecular weight excluding hydrogens is 316 g/mol. The number of aryl methyl sites for hydroxylation is 1. The van der Waals surface area contributed by atoms with Crippen LogP contribution in [-0.2, 0) is 10.3 Å². The van der Waals surface area contributed by atoms with Gasteiger partial charge in [-0.25, -0.2) is 9.67 Å². The smallest absolute Gasteiger partial charge is 0.290 e. The van der Waals surface area contributed by atoms with Crippen molar-refractivity contribution in [2.45, 2.75) is 65.6 Å². The van der Waals surface area contributed by atoms with Gasteiger partial charge in [0.15, 0.2) is 11.9 Å². The second kappa shape index (κ2) is 5.82. The number of rotatable bonds is 1. The number of ether oxygens (including phenoxy) is 1. The van der Waals surface area contributed by atoms with Gasteiger partial charge in [0.1, 0.15) is 0 Å². The number of hydrogen-bond acceptors (Lipinski definition) is 5. The zero-order valence-corrected chi connectivity index (χ0v) is 16.0. The van der Waals surface area contributed by atoms with Gasteiger partial charge in [0.2, 0.25) is 0 Å². The number of hydrogen-bond donors (Lipinski definition) is 1. The van der Waals surface area contributed by atoms with Crippen LogP contribution in [0.5, 0.6) is 0 Å². The number of anilines is 1. The predicted octanol–water partition coefficient (Wildman–Crippen LogP) is 3.42. The van der Waals surface area contributed by atoms with Crippen molar-refractivity contribution in [3.63, 3.8) is 0 Å². The molecule has 7 heteroatoms. The summed E-state index contributed by atoms with van der Waals surface area (Å²) in [5.74, 6) is 0.669. The Morgan fingerprint density at radius 2 is 1.88 bits per heavy atom. The molecule has 1 aromatic heterocycles. The quantitative estimate of drug-likeness (QED) is 0.859. The highest BCUT2D eigenvalue weighted by Crippen LogP contribution is 2.36. The molecule has 0 saturated carbocycles. The van der Waals surface area contributed by atoms with Crippen LogP contribution >= 0.6 is 0 Å². The highest BCUT2D eigenvalue weighted by atomic mass is 16.5. The van der Waals surface area contributed by atoms with Gasteiger partial charge in [-0.2, -0.15) is 0 Å². The number of fused-ring (bicyclic) bond motifs is 1. The third-order valence-corrected chi connectivity index (χ3v) is 3.76. The van der Waals surface area contributed by atoms with E-state index in [9.17, 15) is 0 Å². The van der Waals surface area contributed by atoms with E-state index >= 15 is 0 Å². The average Bonchev–Trinajstić information content (AvgIpc) is 2.94. The molecule has 0 saturated heterocycles. The van der Waals surface area contributed by atoms with Gasteiger partial charge in [-0.15, -0.1) is 5.10 Å². The second-order valence-electron chi connectivity index (χ2n) is 8.42. The molecule has 1 N–H and O–H groups in total. The minimum absolute atomic E-state index is 0.252. The van der Waals surface area contributed by atoms with Gasteiger partial charge in [0, 0.05) is 11.3 Å². The van der Waals surface area contributed by atoms with Gasteiger partial charge in [0.25, 0.3) is 6.02 Å². The van der Waals surface area contributed by atoms with Crippen molar-refractivity contribution in [1.29, 1.82) is 0 Å². The maximum atomic E-state index is 6.20. The molecule has 1 aliphatic heterocycles. The maximum Gasteiger partial charge on any atom is 0.290 e. The normalized spacial score (nSPS) is 19.3. The predicted molar refractivity (Wildman–Crippen MR) is 97.7 cm³/mol. The van der Waals surface area contributed by atoms with Crippen LogP contribution in [0.1, 0.15) is 64.6 Å². The molecule has 3 rings (SSSR count). The third kappa shape index (κ3) is 3.65. The third-order valence-electron chi connectivity index (χ3n) is 3.76. The first kappa shape index (κ1) is 17.4.